The minimum Gasteiger partial charge on any atom is -0.378 e. The molecule has 17 heavy (non-hydrogen) atoms. The number of benzene rings is 1. The van der Waals surface area contributed by atoms with Crippen LogP contribution in [0.15, 0.2) is 22.7 Å². The molecular formula is C13H14BrFO2. The van der Waals surface area contributed by atoms with E-state index in [2.05, 4.69) is 15.9 Å². The van der Waals surface area contributed by atoms with Crippen LogP contribution in [0.5, 0.6) is 0 Å². The lowest BCUT2D eigenvalue weighted by atomic mass is 10.0. The third-order valence-electron chi connectivity index (χ3n) is 2.97. The van der Waals surface area contributed by atoms with E-state index in [9.17, 15) is 9.18 Å². The van der Waals surface area contributed by atoms with Gasteiger partial charge in [0.1, 0.15) is 5.82 Å². The Balaban J connectivity index is 1.97. The van der Waals surface area contributed by atoms with Gasteiger partial charge >= 0.3 is 0 Å². The molecule has 1 heterocycles. The number of Topliss-reactive ketones (excluding diaryl/α,β-unsaturated/α-hetero) is 1. The molecule has 0 aliphatic carbocycles. The van der Waals surface area contributed by atoms with Crippen molar-refractivity contribution in [1.82, 2.24) is 0 Å². The highest BCUT2D eigenvalue weighted by molar-refractivity contribution is 9.10. The minimum absolute atomic E-state index is 0.153. The fourth-order valence-corrected chi connectivity index (χ4v) is 2.38. The lowest BCUT2D eigenvalue weighted by molar-refractivity contribution is 0.0856. The third-order valence-corrected chi connectivity index (χ3v) is 3.58. The average molecular weight is 301 g/mol. The average Bonchev–Trinajstić information content (AvgIpc) is 2.82. The summed E-state index contributed by atoms with van der Waals surface area (Å²) in [6.07, 6.45) is 3.27. The molecule has 1 aromatic carbocycles. The molecule has 4 heteroatoms. The first-order valence-corrected chi connectivity index (χ1v) is 6.56. The molecule has 1 atom stereocenters. The lowest BCUT2D eigenvalue weighted by Crippen LogP contribution is -2.10. The standard InChI is InChI=1S/C13H14BrFO2/c14-11-5-1-4-10(13(11)15)12(16)7-6-9-3-2-8-17-9/h1,4-5,9H,2-3,6-8H2. The maximum absolute atomic E-state index is 13.7. The zero-order valence-electron chi connectivity index (χ0n) is 9.42. The SMILES string of the molecule is O=C(CCC1CCCO1)c1cccc(Br)c1F. The molecular weight excluding hydrogens is 287 g/mol. The van der Waals surface area contributed by atoms with Crippen LogP contribution in [0.25, 0.3) is 0 Å². The number of carbonyl (C=O) groups excluding carboxylic acids is 1. The Hall–Kier alpha value is -0.740. The van der Waals surface area contributed by atoms with Crippen molar-refractivity contribution >= 4 is 21.7 Å². The van der Waals surface area contributed by atoms with E-state index in [-0.39, 0.29) is 17.5 Å². The van der Waals surface area contributed by atoms with Crippen molar-refractivity contribution in [1.29, 1.82) is 0 Å². The van der Waals surface area contributed by atoms with E-state index in [0.29, 0.717) is 17.3 Å². The van der Waals surface area contributed by atoms with E-state index in [1.165, 1.54) is 6.07 Å². The molecule has 2 rings (SSSR count). The molecule has 0 spiro atoms. The summed E-state index contributed by atoms with van der Waals surface area (Å²) in [7, 11) is 0. The van der Waals surface area contributed by atoms with Crippen LogP contribution in [0.1, 0.15) is 36.0 Å². The predicted molar refractivity (Wildman–Crippen MR) is 66.6 cm³/mol. The molecule has 1 aliphatic rings. The van der Waals surface area contributed by atoms with Gasteiger partial charge in [-0.1, -0.05) is 6.07 Å². The van der Waals surface area contributed by atoms with Crippen LogP contribution in [0, 0.1) is 5.82 Å². The number of rotatable bonds is 4. The van der Waals surface area contributed by atoms with Crippen molar-refractivity contribution < 1.29 is 13.9 Å². The zero-order chi connectivity index (χ0) is 12.3. The number of halogens is 2. The summed E-state index contributed by atoms with van der Waals surface area (Å²) in [5.41, 5.74) is 0.164. The van der Waals surface area contributed by atoms with E-state index in [1.807, 2.05) is 0 Å². The van der Waals surface area contributed by atoms with Crippen molar-refractivity contribution in [2.24, 2.45) is 0 Å². The maximum Gasteiger partial charge on any atom is 0.165 e. The van der Waals surface area contributed by atoms with Gasteiger partial charge in [0.2, 0.25) is 0 Å². The Morgan fingerprint density at radius 2 is 2.35 bits per heavy atom. The van der Waals surface area contributed by atoms with Gasteiger partial charge in [-0.25, -0.2) is 4.39 Å². The molecule has 0 amide bonds. The van der Waals surface area contributed by atoms with Gasteiger partial charge in [-0.2, -0.15) is 0 Å². The first kappa shape index (κ1) is 12.7. The van der Waals surface area contributed by atoms with E-state index in [1.54, 1.807) is 12.1 Å². The Labute approximate surface area is 108 Å². The fourth-order valence-electron chi connectivity index (χ4n) is 2.02. The summed E-state index contributed by atoms with van der Waals surface area (Å²) in [5, 5.41) is 0. The van der Waals surface area contributed by atoms with E-state index in [0.717, 1.165) is 19.4 Å². The lowest BCUT2D eigenvalue weighted by Gasteiger charge is -2.08. The molecule has 0 N–H and O–H groups in total. The molecule has 1 fully saturated rings. The highest BCUT2D eigenvalue weighted by Crippen LogP contribution is 2.22. The second kappa shape index (κ2) is 5.74. The van der Waals surface area contributed by atoms with Crippen LogP contribution < -0.4 is 0 Å². The van der Waals surface area contributed by atoms with E-state index in [4.69, 9.17) is 4.74 Å². The highest BCUT2D eigenvalue weighted by Gasteiger charge is 2.19. The molecule has 2 nitrogen and oxygen atoms in total. The predicted octanol–water partition coefficient (Wildman–Crippen LogP) is 3.73. The molecule has 0 aromatic heterocycles. The van der Waals surface area contributed by atoms with Gasteiger partial charge in [0.15, 0.2) is 5.78 Å². The number of carbonyl (C=O) groups is 1. The van der Waals surface area contributed by atoms with Gasteiger partial charge in [-0.15, -0.1) is 0 Å². The number of hydrogen-bond donors (Lipinski definition) is 0. The number of ether oxygens (including phenoxy) is 1. The largest absolute Gasteiger partial charge is 0.378 e. The van der Waals surface area contributed by atoms with Crippen molar-refractivity contribution in [3.63, 3.8) is 0 Å². The second-order valence-electron chi connectivity index (χ2n) is 4.20. The number of ketones is 1. The summed E-state index contributed by atoms with van der Waals surface area (Å²) in [6, 6.07) is 4.79. The quantitative estimate of drug-likeness (QED) is 0.792. The first-order chi connectivity index (χ1) is 8.18. The zero-order valence-corrected chi connectivity index (χ0v) is 11.0. The Morgan fingerprint density at radius 1 is 1.53 bits per heavy atom. The second-order valence-corrected chi connectivity index (χ2v) is 5.05. The summed E-state index contributed by atoms with van der Waals surface area (Å²) >= 11 is 3.08. The summed E-state index contributed by atoms with van der Waals surface area (Å²) < 4.78 is 19.4. The van der Waals surface area contributed by atoms with Gasteiger partial charge in [-0.05, 0) is 47.3 Å². The van der Waals surface area contributed by atoms with E-state index >= 15 is 0 Å². The van der Waals surface area contributed by atoms with Crippen LogP contribution in [-0.2, 0) is 4.74 Å². The third kappa shape index (κ3) is 3.13. The molecule has 0 bridgehead atoms. The number of hydrogen-bond acceptors (Lipinski definition) is 2. The fraction of sp³-hybridized carbons (Fsp3) is 0.462. The smallest absolute Gasteiger partial charge is 0.165 e. The summed E-state index contributed by atoms with van der Waals surface area (Å²) in [6.45, 7) is 0.782. The topological polar surface area (TPSA) is 26.3 Å². The summed E-state index contributed by atoms with van der Waals surface area (Å²) in [4.78, 5) is 11.9. The van der Waals surface area contributed by atoms with Crippen LogP contribution >= 0.6 is 15.9 Å². The highest BCUT2D eigenvalue weighted by atomic mass is 79.9. The molecule has 1 aromatic rings. The first-order valence-electron chi connectivity index (χ1n) is 5.77. The van der Waals surface area contributed by atoms with Gasteiger partial charge in [0.05, 0.1) is 16.1 Å². The van der Waals surface area contributed by atoms with Crippen molar-refractivity contribution in [3.8, 4) is 0 Å². The van der Waals surface area contributed by atoms with E-state index < -0.39 is 5.82 Å². The van der Waals surface area contributed by atoms with Gasteiger partial charge in [-0.3, -0.25) is 4.79 Å². The Morgan fingerprint density at radius 3 is 3.06 bits per heavy atom. The Kier molecular flexibility index (Phi) is 4.29. The normalized spacial score (nSPS) is 19.5. The summed E-state index contributed by atoms with van der Waals surface area (Å²) in [5.74, 6) is -0.621. The Bertz CT molecular complexity index is 414. The van der Waals surface area contributed by atoms with Crippen molar-refractivity contribution in [2.75, 3.05) is 6.61 Å². The van der Waals surface area contributed by atoms with Crippen molar-refractivity contribution in [3.05, 3.63) is 34.1 Å². The molecule has 0 saturated carbocycles. The molecule has 0 radical (unpaired) electrons. The maximum atomic E-state index is 13.7. The van der Waals surface area contributed by atoms with Crippen LogP contribution in [-0.4, -0.2) is 18.5 Å². The van der Waals surface area contributed by atoms with Crippen molar-refractivity contribution in [2.45, 2.75) is 31.8 Å². The van der Waals surface area contributed by atoms with Gasteiger partial charge in [0.25, 0.3) is 0 Å². The van der Waals surface area contributed by atoms with Crippen LogP contribution in [0.3, 0.4) is 0 Å². The van der Waals surface area contributed by atoms with Crippen LogP contribution in [0.2, 0.25) is 0 Å². The van der Waals surface area contributed by atoms with Gasteiger partial charge < -0.3 is 4.74 Å². The minimum atomic E-state index is -0.468. The molecule has 1 saturated heterocycles. The van der Waals surface area contributed by atoms with Crippen LogP contribution in [0.4, 0.5) is 4.39 Å². The monoisotopic (exact) mass is 300 g/mol. The molecule has 1 aliphatic heterocycles. The molecule has 92 valence electrons. The van der Waals surface area contributed by atoms with Gasteiger partial charge in [0, 0.05) is 13.0 Å². The molecule has 1 unspecified atom stereocenters.